The molecule has 0 aromatic heterocycles. The van der Waals surface area contributed by atoms with Crippen molar-refractivity contribution in [3.63, 3.8) is 0 Å². The molecule has 1 aliphatic rings. The first-order valence-corrected chi connectivity index (χ1v) is 10.5. The van der Waals surface area contributed by atoms with Crippen LogP contribution in [0.3, 0.4) is 0 Å². The highest BCUT2D eigenvalue weighted by Gasteiger charge is 2.56. The smallest absolute Gasteiger partial charge is 0.332 e. The van der Waals surface area contributed by atoms with Crippen molar-refractivity contribution in [3.05, 3.63) is 94.0 Å². The van der Waals surface area contributed by atoms with Crippen LogP contribution >= 0.6 is 23.2 Å². The van der Waals surface area contributed by atoms with Gasteiger partial charge in [-0.15, -0.1) is 5.92 Å². The third-order valence-electron chi connectivity index (χ3n) is 5.45. The number of halogens is 2. The number of aliphatic hydroxyl groups is 1. The van der Waals surface area contributed by atoms with Crippen LogP contribution in [-0.2, 0) is 5.72 Å². The second-order valence-corrected chi connectivity index (χ2v) is 8.17. The fraction of sp³-hybridized carbons (Fsp3) is 0.160. The van der Waals surface area contributed by atoms with Crippen molar-refractivity contribution in [1.29, 1.82) is 0 Å². The molecule has 1 unspecified atom stereocenters. The van der Waals surface area contributed by atoms with Crippen molar-refractivity contribution < 1.29 is 9.90 Å². The Bertz CT molecular complexity index is 1180. The minimum absolute atomic E-state index is 0.355. The summed E-state index contributed by atoms with van der Waals surface area (Å²) in [5.74, 6) is 5.89. The zero-order valence-electron chi connectivity index (χ0n) is 17.0. The van der Waals surface area contributed by atoms with E-state index in [1.54, 1.807) is 66.4 Å². The molecule has 2 atom stereocenters. The molecule has 2 amide bonds. The second kappa shape index (κ2) is 8.28. The van der Waals surface area contributed by atoms with Crippen LogP contribution in [0, 0.1) is 11.8 Å². The van der Waals surface area contributed by atoms with Gasteiger partial charge < -0.3 is 5.11 Å². The topological polar surface area (TPSA) is 43.8 Å². The van der Waals surface area contributed by atoms with E-state index >= 15 is 0 Å². The van der Waals surface area contributed by atoms with Crippen molar-refractivity contribution in [1.82, 2.24) is 0 Å². The first-order chi connectivity index (χ1) is 14.9. The Balaban J connectivity index is 1.91. The van der Waals surface area contributed by atoms with Crippen LogP contribution in [0.4, 0.5) is 16.2 Å². The predicted octanol–water partition coefficient (Wildman–Crippen LogP) is 6.05. The molecule has 0 saturated carbocycles. The van der Waals surface area contributed by atoms with E-state index in [0.29, 0.717) is 27.0 Å². The molecule has 1 N–H and O–H groups in total. The summed E-state index contributed by atoms with van der Waals surface area (Å²) in [6, 6.07) is 20.2. The van der Waals surface area contributed by atoms with Gasteiger partial charge in [-0.2, -0.15) is 0 Å². The molecule has 1 saturated heterocycles. The Morgan fingerprint density at radius 3 is 2.10 bits per heavy atom. The molecule has 3 aromatic carbocycles. The van der Waals surface area contributed by atoms with Gasteiger partial charge in [-0.1, -0.05) is 41.3 Å². The maximum absolute atomic E-state index is 13.7. The molecule has 156 valence electrons. The third-order valence-corrected chi connectivity index (χ3v) is 5.96. The summed E-state index contributed by atoms with van der Waals surface area (Å²) in [5, 5.41) is 13.2. The van der Waals surface area contributed by atoms with Crippen LogP contribution in [0.25, 0.3) is 0 Å². The lowest BCUT2D eigenvalue weighted by Crippen LogP contribution is -2.48. The summed E-state index contributed by atoms with van der Waals surface area (Å²) in [6.45, 7) is 3.58. The van der Waals surface area contributed by atoms with Crippen molar-refractivity contribution in [3.8, 4) is 11.8 Å². The number of carbonyl (C=O) groups excluding carboxylic acids is 1. The van der Waals surface area contributed by atoms with E-state index in [2.05, 4.69) is 11.8 Å². The molecular formula is C25H20Cl2N2O2. The van der Waals surface area contributed by atoms with Crippen LogP contribution in [0.2, 0.25) is 10.0 Å². The Morgan fingerprint density at radius 1 is 0.935 bits per heavy atom. The zero-order valence-corrected chi connectivity index (χ0v) is 18.5. The van der Waals surface area contributed by atoms with Crippen molar-refractivity contribution in [2.75, 3.05) is 9.80 Å². The van der Waals surface area contributed by atoms with Crippen LogP contribution < -0.4 is 9.80 Å². The molecule has 1 aliphatic heterocycles. The van der Waals surface area contributed by atoms with E-state index in [1.807, 2.05) is 25.1 Å². The van der Waals surface area contributed by atoms with Gasteiger partial charge >= 0.3 is 6.03 Å². The molecule has 0 bridgehead atoms. The maximum Gasteiger partial charge on any atom is 0.332 e. The molecule has 1 fully saturated rings. The highest BCUT2D eigenvalue weighted by Crippen LogP contribution is 2.44. The fourth-order valence-electron chi connectivity index (χ4n) is 3.96. The number of hydrogen-bond donors (Lipinski definition) is 1. The average Bonchev–Trinajstić information content (AvgIpc) is 2.96. The average molecular weight is 451 g/mol. The number of benzene rings is 3. The van der Waals surface area contributed by atoms with Gasteiger partial charge in [0.25, 0.3) is 0 Å². The molecular weight excluding hydrogens is 431 g/mol. The molecule has 0 aliphatic carbocycles. The summed E-state index contributed by atoms with van der Waals surface area (Å²) in [6.07, 6.45) is 0. The van der Waals surface area contributed by atoms with Crippen LogP contribution in [0.1, 0.15) is 25.0 Å². The first-order valence-electron chi connectivity index (χ1n) is 9.76. The quantitative estimate of drug-likeness (QED) is 0.493. The lowest BCUT2D eigenvalue weighted by atomic mass is 9.93. The lowest BCUT2D eigenvalue weighted by molar-refractivity contribution is 0.0372. The standard InChI is InChI=1S/C25H20Cl2N2O2/c1-3-5-18-6-4-7-19(16-18)25(31)17(2)28(22-12-8-20(26)9-13-22)24(30)29(25)23-14-10-21(27)11-15-23/h4,6-17,31H,1-2H3/t17-,25?/m1/s1. The first kappa shape index (κ1) is 21.3. The van der Waals surface area contributed by atoms with Crippen molar-refractivity contribution in [2.45, 2.75) is 25.6 Å². The second-order valence-electron chi connectivity index (χ2n) is 7.30. The molecule has 4 nitrogen and oxygen atoms in total. The molecule has 0 spiro atoms. The number of amides is 2. The Labute approximate surface area is 191 Å². The summed E-state index contributed by atoms with van der Waals surface area (Å²) in [5.41, 5.74) is 0.860. The number of hydrogen-bond acceptors (Lipinski definition) is 2. The predicted molar refractivity (Wildman–Crippen MR) is 126 cm³/mol. The van der Waals surface area contributed by atoms with E-state index in [1.165, 1.54) is 4.90 Å². The molecule has 31 heavy (non-hydrogen) atoms. The number of carbonyl (C=O) groups is 1. The number of rotatable bonds is 3. The van der Waals surface area contributed by atoms with Crippen molar-refractivity contribution >= 4 is 40.6 Å². The minimum Gasteiger partial charge on any atom is -0.365 e. The molecule has 6 heteroatoms. The van der Waals surface area contributed by atoms with Gasteiger partial charge in [0.05, 0.1) is 6.04 Å². The zero-order chi connectivity index (χ0) is 22.2. The normalized spacial score (nSPS) is 20.5. The van der Waals surface area contributed by atoms with Gasteiger partial charge in [-0.25, -0.2) is 4.79 Å². The number of urea groups is 1. The molecule has 1 heterocycles. The van der Waals surface area contributed by atoms with E-state index in [0.717, 1.165) is 5.56 Å². The Hall–Kier alpha value is -2.97. The lowest BCUT2D eigenvalue weighted by Gasteiger charge is -2.35. The molecule has 4 rings (SSSR count). The van der Waals surface area contributed by atoms with E-state index in [4.69, 9.17) is 23.2 Å². The largest absolute Gasteiger partial charge is 0.365 e. The van der Waals surface area contributed by atoms with Gasteiger partial charge in [-0.3, -0.25) is 9.80 Å². The SMILES string of the molecule is CC#Cc1cccc(C2(O)[C@@H](C)N(c3ccc(Cl)cc3)C(=O)N2c2ccc(Cl)cc2)c1. The summed E-state index contributed by atoms with van der Waals surface area (Å²) in [4.78, 5) is 16.7. The summed E-state index contributed by atoms with van der Waals surface area (Å²) >= 11 is 12.1. The van der Waals surface area contributed by atoms with Gasteiger partial charge in [0, 0.05) is 32.5 Å². The number of nitrogens with zero attached hydrogens (tertiary/aromatic N) is 2. The summed E-state index contributed by atoms with van der Waals surface area (Å²) in [7, 11) is 0. The fourth-order valence-corrected chi connectivity index (χ4v) is 4.21. The monoisotopic (exact) mass is 450 g/mol. The molecule has 3 aromatic rings. The Morgan fingerprint density at radius 2 is 1.52 bits per heavy atom. The summed E-state index contributed by atoms with van der Waals surface area (Å²) < 4.78 is 0. The van der Waals surface area contributed by atoms with E-state index < -0.39 is 11.8 Å². The highest BCUT2D eigenvalue weighted by molar-refractivity contribution is 6.31. The maximum atomic E-state index is 13.7. The van der Waals surface area contributed by atoms with Crippen LogP contribution in [0.5, 0.6) is 0 Å². The third kappa shape index (κ3) is 3.66. The van der Waals surface area contributed by atoms with Gasteiger partial charge in [-0.05, 0) is 74.5 Å². The van der Waals surface area contributed by atoms with Crippen molar-refractivity contribution in [2.24, 2.45) is 0 Å². The van der Waals surface area contributed by atoms with E-state index in [9.17, 15) is 9.90 Å². The van der Waals surface area contributed by atoms with Crippen LogP contribution in [0.15, 0.2) is 72.8 Å². The van der Waals surface area contributed by atoms with Gasteiger partial charge in [0.2, 0.25) is 0 Å². The molecule has 0 radical (unpaired) electrons. The Kier molecular flexibility index (Phi) is 5.68. The van der Waals surface area contributed by atoms with Gasteiger partial charge in [0.15, 0.2) is 5.72 Å². The number of anilines is 2. The van der Waals surface area contributed by atoms with Gasteiger partial charge in [0.1, 0.15) is 0 Å². The minimum atomic E-state index is -1.64. The van der Waals surface area contributed by atoms with Crippen LogP contribution in [-0.4, -0.2) is 17.2 Å². The van der Waals surface area contributed by atoms with E-state index in [-0.39, 0.29) is 6.03 Å². The highest BCUT2D eigenvalue weighted by atomic mass is 35.5.